The Morgan fingerprint density at radius 1 is 1.00 bits per heavy atom. The molecule has 1 saturated carbocycles. The Labute approximate surface area is 228 Å². The van der Waals surface area contributed by atoms with Crippen molar-refractivity contribution in [3.8, 4) is 5.88 Å². The van der Waals surface area contributed by atoms with Gasteiger partial charge in [-0.3, -0.25) is 9.36 Å². The van der Waals surface area contributed by atoms with Crippen LogP contribution in [0.3, 0.4) is 0 Å². The Bertz CT molecular complexity index is 1560. The molecule has 1 fully saturated rings. The standard InChI is InChI=1S/C28H22Cl3N3O3/c29-18-4-1-3-16(11-18)15-28(22-10-9-19(30)13-23(22)33-26(28)35)34-24-14-20(31)8-7-17(24)12-25(34)37-27(36)32-21-5-2-6-21/h1,3-4,7-14,21H,2,5-6,15H2,(H,32,36)(H,33,35). The van der Waals surface area contributed by atoms with Crippen molar-refractivity contribution in [2.75, 3.05) is 5.32 Å². The topological polar surface area (TPSA) is 72.4 Å². The van der Waals surface area contributed by atoms with E-state index in [9.17, 15) is 9.59 Å². The summed E-state index contributed by atoms with van der Waals surface area (Å²) in [6.45, 7) is 0. The molecular formula is C28H22Cl3N3O3. The van der Waals surface area contributed by atoms with Crippen molar-refractivity contribution >= 4 is 63.4 Å². The molecule has 0 radical (unpaired) electrons. The molecular weight excluding hydrogens is 533 g/mol. The second kappa shape index (κ2) is 9.28. The molecule has 6 rings (SSSR count). The lowest BCUT2D eigenvalue weighted by molar-refractivity contribution is -0.121. The van der Waals surface area contributed by atoms with E-state index in [2.05, 4.69) is 10.6 Å². The third kappa shape index (κ3) is 4.23. The van der Waals surface area contributed by atoms with Gasteiger partial charge in [0, 0.05) is 50.2 Å². The molecule has 1 aliphatic heterocycles. The number of hydrogen-bond donors (Lipinski definition) is 2. The largest absolute Gasteiger partial charge is 0.414 e. The van der Waals surface area contributed by atoms with Crippen LogP contribution in [0.25, 0.3) is 10.9 Å². The van der Waals surface area contributed by atoms with E-state index in [-0.39, 0.29) is 24.2 Å². The zero-order valence-electron chi connectivity index (χ0n) is 19.6. The summed E-state index contributed by atoms with van der Waals surface area (Å²) in [4.78, 5) is 27.0. The van der Waals surface area contributed by atoms with Crippen molar-refractivity contribution < 1.29 is 14.3 Å². The molecule has 1 aromatic heterocycles. The van der Waals surface area contributed by atoms with E-state index >= 15 is 0 Å². The Morgan fingerprint density at radius 3 is 2.51 bits per heavy atom. The molecule has 4 aromatic rings. The monoisotopic (exact) mass is 553 g/mol. The van der Waals surface area contributed by atoms with Crippen LogP contribution < -0.4 is 15.4 Å². The molecule has 2 heterocycles. The molecule has 6 nitrogen and oxygen atoms in total. The minimum Gasteiger partial charge on any atom is -0.393 e. The van der Waals surface area contributed by atoms with E-state index in [4.69, 9.17) is 39.5 Å². The van der Waals surface area contributed by atoms with Crippen molar-refractivity contribution in [3.05, 3.63) is 92.9 Å². The number of nitrogens with one attached hydrogen (secondary N) is 2. The van der Waals surface area contributed by atoms with Crippen LogP contribution >= 0.6 is 34.8 Å². The molecule has 2 N–H and O–H groups in total. The van der Waals surface area contributed by atoms with Crippen LogP contribution in [0.5, 0.6) is 5.88 Å². The lowest BCUT2D eigenvalue weighted by Gasteiger charge is -2.32. The van der Waals surface area contributed by atoms with Crippen LogP contribution in [-0.4, -0.2) is 22.6 Å². The van der Waals surface area contributed by atoms with Crippen LogP contribution in [0, 0.1) is 0 Å². The first kappa shape index (κ1) is 24.2. The Kier molecular flexibility index (Phi) is 6.06. The van der Waals surface area contributed by atoms with Gasteiger partial charge in [0.25, 0.3) is 5.91 Å². The fraction of sp³-hybridized carbons (Fsp3) is 0.214. The molecule has 3 aromatic carbocycles. The SMILES string of the molecule is O=C(NC1CCC1)Oc1cc2ccc(Cl)cc2n1C1(Cc2cccc(Cl)c2)C(=O)Nc2cc(Cl)ccc21. The quantitative estimate of drug-likeness (QED) is 0.274. The second-order valence-corrected chi connectivity index (χ2v) is 10.8. The average molecular weight is 555 g/mol. The maximum atomic E-state index is 14.1. The van der Waals surface area contributed by atoms with Crippen molar-refractivity contribution in [2.24, 2.45) is 0 Å². The van der Waals surface area contributed by atoms with Gasteiger partial charge in [-0.25, -0.2) is 4.79 Å². The highest BCUT2D eigenvalue weighted by Crippen LogP contribution is 2.47. The molecule has 9 heteroatoms. The normalized spacial score (nSPS) is 18.8. The first-order chi connectivity index (χ1) is 17.8. The van der Waals surface area contributed by atoms with Crippen LogP contribution in [0.1, 0.15) is 30.4 Å². The predicted octanol–water partition coefficient (Wildman–Crippen LogP) is 7.18. The minimum atomic E-state index is -1.32. The first-order valence-electron chi connectivity index (χ1n) is 12.0. The van der Waals surface area contributed by atoms with E-state index < -0.39 is 11.6 Å². The van der Waals surface area contributed by atoms with Crippen LogP contribution in [0.4, 0.5) is 10.5 Å². The number of fused-ring (bicyclic) bond motifs is 2. The number of hydrogen-bond acceptors (Lipinski definition) is 3. The molecule has 2 amide bonds. The summed E-state index contributed by atoms with van der Waals surface area (Å²) in [6.07, 6.45) is 2.59. The van der Waals surface area contributed by atoms with E-state index in [1.807, 2.05) is 30.3 Å². The lowest BCUT2D eigenvalue weighted by Crippen LogP contribution is -2.45. The summed E-state index contributed by atoms with van der Waals surface area (Å²) in [5, 5.41) is 8.22. The zero-order valence-corrected chi connectivity index (χ0v) is 21.8. The number of carbonyl (C=O) groups is 2. The van der Waals surface area contributed by atoms with Gasteiger partial charge in [-0.15, -0.1) is 0 Å². The summed E-state index contributed by atoms with van der Waals surface area (Å²) in [5.41, 5.74) is 1.46. The Morgan fingerprint density at radius 2 is 1.76 bits per heavy atom. The second-order valence-electron chi connectivity index (χ2n) is 9.49. The molecule has 1 aliphatic carbocycles. The van der Waals surface area contributed by atoms with Crippen molar-refractivity contribution in [3.63, 3.8) is 0 Å². The fourth-order valence-corrected chi connectivity index (χ4v) is 5.76. The molecule has 37 heavy (non-hydrogen) atoms. The number of aromatic nitrogens is 1. The highest BCUT2D eigenvalue weighted by molar-refractivity contribution is 6.32. The first-order valence-corrected chi connectivity index (χ1v) is 13.1. The molecule has 0 bridgehead atoms. The van der Waals surface area contributed by atoms with Gasteiger partial charge >= 0.3 is 6.09 Å². The van der Waals surface area contributed by atoms with Crippen molar-refractivity contribution in [1.82, 2.24) is 9.88 Å². The van der Waals surface area contributed by atoms with Gasteiger partial charge in [0.2, 0.25) is 5.88 Å². The number of nitrogens with zero attached hydrogens (tertiary/aromatic N) is 1. The van der Waals surface area contributed by atoms with Gasteiger partial charge in [0.1, 0.15) is 0 Å². The molecule has 1 atom stereocenters. The molecule has 188 valence electrons. The van der Waals surface area contributed by atoms with Gasteiger partial charge in [0.15, 0.2) is 5.54 Å². The molecule has 2 aliphatic rings. The van der Waals surface area contributed by atoms with Crippen LogP contribution in [0.15, 0.2) is 66.7 Å². The minimum absolute atomic E-state index is 0.0952. The number of carbonyl (C=O) groups excluding carboxylic acids is 2. The molecule has 0 spiro atoms. The number of ether oxygens (including phenoxy) is 1. The highest BCUT2D eigenvalue weighted by atomic mass is 35.5. The van der Waals surface area contributed by atoms with Gasteiger partial charge in [-0.1, -0.05) is 59.1 Å². The number of rotatable bonds is 5. The summed E-state index contributed by atoms with van der Waals surface area (Å²) in [6, 6.07) is 19.9. The van der Waals surface area contributed by atoms with E-state index in [0.29, 0.717) is 31.8 Å². The Hall–Kier alpha value is -3.19. The average Bonchev–Trinajstić information content (AvgIpc) is 3.30. The molecule has 1 unspecified atom stereocenters. The number of halogens is 3. The summed E-state index contributed by atoms with van der Waals surface area (Å²) in [5.74, 6) is -0.0551. The molecule has 0 saturated heterocycles. The maximum Gasteiger partial charge on any atom is 0.414 e. The summed E-state index contributed by atoms with van der Waals surface area (Å²) < 4.78 is 7.67. The third-order valence-corrected chi connectivity index (χ3v) is 7.84. The third-order valence-electron chi connectivity index (χ3n) is 7.14. The van der Waals surface area contributed by atoms with E-state index in [0.717, 1.165) is 30.2 Å². The highest BCUT2D eigenvalue weighted by Gasteiger charge is 2.50. The van der Waals surface area contributed by atoms with Crippen molar-refractivity contribution in [2.45, 2.75) is 37.3 Å². The van der Waals surface area contributed by atoms with E-state index in [1.54, 1.807) is 41.0 Å². The van der Waals surface area contributed by atoms with Crippen LogP contribution in [0.2, 0.25) is 15.1 Å². The van der Waals surface area contributed by atoms with Crippen molar-refractivity contribution in [1.29, 1.82) is 0 Å². The van der Waals surface area contributed by atoms with E-state index in [1.165, 1.54) is 0 Å². The predicted molar refractivity (Wildman–Crippen MR) is 146 cm³/mol. The maximum absolute atomic E-state index is 14.1. The zero-order chi connectivity index (χ0) is 25.7. The number of benzene rings is 3. The van der Waals surface area contributed by atoms with Gasteiger partial charge < -0.3 is 15.4 Å². The Balaban J connectivity index is 1.59. The van der Waals surface area contributed by atoms with Crippen LogP contribution in [-0.2, 0) is 16.8 Å². The summed E-state index contributed by atoms with van der Waals surface area (Å²) >= 11 is 19.0. The van der Waals surface area contributed by atoms with Gasteiger partial charge in [-0.05, 0) is 61.2 Å². The number of anilines is 1. The smallest absolute Gasteiger partial charge is 0.393 e. The van der Waals surface area contributed by atoms with Gasteiger partial charge in [-0.2, -0.15) is 0 Å². The summed E-state index contributed by atoms with van der Waals surface area (Å²) in [7, 11) is 0. The number of amides is 2. The lowest BCUT2D eigenvalue weighted by atomic mass is 9.84. The fourth-order valence-electron chi connectivity index (χ4n) is 5.21. The van der Waals surface area contributed by atoms with Gasteiger partial charge in [0.05, 0.1) is 5.52 Å².